The van der Waals surface area contributed by atoms with Gasteiger partial charge in [-0.05, 0) is 37.0 Å². The molecule has 0 bridgehead atoms. The van der Waals surface area contributed by atoms with Crippen LogP contribution < -0.4 is 5.32 Å². The minimum atomic E-state index is -0.889. The molecular weight excluding hydrogens is 361 g/mol. The van der Waals surface area contributed by atoms with E-state index >= 15 is 0 Å². The first-order valence-corrected chi connectivity index (χ1v) is 8.73. The number of rotatable bonds is 8. The number of halogens is 2. The number of para-hydroxylation sites is 1. The Kier molecular flexibility index (Phi) is 7.29. The van der Waals surface area contributed by atoms with E-state index < -0.39 is 11.9 Å². The number of aryl methyl sites for hydroxylation is 1. The van der Waals surface area contributed by atoms with Crippen LogP contribution in [0.3, 0.4) is 0 Å². The molecule has 0 heterocycles. The van der Waals surface area contributed by atoms with E-state index in [9.17, 15) is 14.7 Å². The number of hydrogen-bond acceptors (Lipinski definition) is 2. The third-order valence-electron chi connectivity index (χ3n) is 3.92. The van der Waals surface area contributed by atoms with Crippen LogP contribution >= 0.6 is 23.2 Å². The molecule has 4 nitrogen and oxygen atoms in total. The van der Waals surface area contributed by atoms with Crippen molar-refractivity contribution in [2.75, 3.05) is 5.32 Å². The van der Waals surface area contributed by atoms with E-state index in [0.29, 0.717) is 28.6 Å². The maximum absolute atomic E-state index is 12.1. The Bertz CT molecular complexity index is 714. The van der Waals surface area contributed by atoms with E-state index in [4.69, 9.17) is 23.2 Å². The maximum atomic E-state index is 12.1. The van der Waals surface area contributed by atoms with E-state index in [1.54, 1.807) is 18.2 Å². The van der Waals surface area contributed by atoms with Crippen LogP contribution in [0.4, 0.5) is 5.69 Å². The van der Waals surface area contributed by atoms with Gasteiger partial charge in [-0.25, -0.2) is 0 Å². The molecule has 6 heteroatoms. The lowest BCUT2D eigenvalue weighted by molar-refractivity contribution is -0.142. The van der Waals surface area contributed by atoms with Crippen LogP contribution in [0.25, 0.3) is 0 Å². The summed E-state index contributed by atoms with van der Waals surface area (Å²) < 4.78 is 0. The van der Waals surface area contributed by atoms with Crippen LogP contribution in [-0.2, 0) is 16.0 Å². The molecule has 132 valence electrons. The Morgan fingerprint density at radius 2 is 1.60 bits per heavy atom. The third kappa shape index (κ3) is 6.07. The molecule has 25 heavy (non-hydrogen) atoms. The maximum Gasteiger partial charge on any atom is 0.306 e. The van der Waals surface area contributed by atoms with Gasteiger partial charge in [0, 0.05) is 6.42 Å². The molecule has 2 rings (SSSR count). The molecule has 0 spiro atoms. The van der Waals surface area contributed by atoms with Crippen LogP contribution in [0.2, 0.25) is 10.0 Å². The highest BCUT2D eigenvalue weighted by atomic mass is 35.5. The smallest absolute Gasteiger partial charge is 0.306 e. The van der Waals surface area contributed by atoms with Gasteiger partial charge in [0.1, 0.15) is 0 Å². The minimum absolute atomic E-state index is 0.0906. The summed E-state index contributed by atoms with van der Waals surface area (Å²) in [5.74, 6) is -1.77. The summed E-state index contributed by atoms with van der Waals surface area (Å²) in [6.07, 6.45) is 1.50. The number of amides is 1. The topological polar surface area (TPSA) is 66.4 Å². The van der Waals surface area contributed by atoms with E-state index in [0.717, 1.165) is 5.56 Å². The number of carboxylic acids is 1. The molecule has 1 unspecified atom stereocenters. The highest BCUT2D eigenvalue weighted by Crippen LogP contribution is 2.30. The summed E-state index contributed by atoms with van der Waals surface area (Å²) in [6, 6.07) is 14.6. The van der Waals surface area contributed by atoms with Crippen molar-refractivity contribution >= 4 is 40.8 Å². The Balaban J connectivity index is 1.88. The first kappa shape index (κ1) is 19.3. The minimum Gasteiger partial charge on any atom is -0.481 e. The van der Waals surface area contributed by atoms with Crippen molar-refractivity contribution in [3.63, 3.8) is 0 Å². The summed E-state index contributed by atoms with van der Waals surface area (Å²) in [5, 5.41) is 12.7. The van der Waals surface area contributed by atoms with Crippen molar-refractivity contribution in [3.05, 3.63) is 64.1 Å². The van der Waals surface area contributed by atoms with E-state index in [1.807, 2.05) is 30.3 Å². The average Bonchev–Trinajstić information content (AvgIpc) is 2.59. The lowest BCUT2D eigenvalue weighted by atomic mass is 9.95. The molecule has 2 N–H and O–H groups in total. The molecule has 0 aromatic heterocycles. The first-order valence-electron chi connectivity index (χ1n) is 7.98. The van der Waals surface area contributed by atoms with E-state index in [-0.39, 0.29) is 18.7 Å². The second kappa shape index (κ2) is 9.44. The van der Waals surface area contributed by atoms with Crippen molar-refractivity contribution in [2.24, 2.45) is 5.92 Å². The molecule has 0 saturated heterocycles. The van der Waals surface area contributed by atoms with Crippen molar-refractivity contribution in [1.82, 2.24) is 0 Å². The molecule has 0 aliphatic carbocycles. The average molecular weight is 380 g/mol. The number of nitrogens with one attached hydrogen (secondary N) is 1. The van der Waals surface area contributed by atoms with Gasteiger partial charge >= 0.3 is 5.97 Å². The molecule has 1 amide bonds. The Labute approximate surface area is 156 Å². The molecule has 0 saturated carbocycles. The largest absolute Gasteiger partial charge is 0.481 e. The number of hydrogen-bond donors (Lipinski definition) is 2. The van der Waals surface area contributed by atoms with Crippen LogP contribution in [-0.4, -0.2) is 17.0 Å². The van der Waals surface area contributed by atoms with Gasteiger partial charge in [0.15, 0.2) is 0 Å². The van der Waals surface area contributed by atoms with Gasteiger partial charge in [-0.15, -0.1) is 0 Å². The van der Waals surface area contributed by atoms with Crippen molar-refractivity contribution in [1.29, 1.82) is 0 Å². The highest BCUT2D eigenvalue weighted by Gasteiger charge is 2.19. The predicted molar refractivity (Wildman–Crippen MR) is 100 cm³/mol. The van der Waals surface area contributed by atoms with Gasteiger partial charge in [0.25, 0.3) is 0 Å². The standard InChI is InChI=1S/C19H19Cl2NO3/c20-15-7-4-8-16(21)18(15)22-17(23)12-11-14(19(24)25)10-9-13-5-2-1-3-6-13/h1-8,14H,9-12H2,(H,22,23)(H,24,25). The molecule has 0 aliphatic heterocycles. The first-order chi connectivity index (χ1) is 12.0. The summed E-state index contributed by atoms with van der Waals surface area (Å²) in [5.41, 5.74) is 1.44. The van der Waals surface area contributed by atoms with Gasteiger partial charge in [-0.1, -0.05) is 59.6 Å². The summed E-state index contributed by atoms with van der Waals surface area (Å²) in [7, 11) is 0. The number of carbonyl (C=O) groups is 2. The fraction of sp³-hybridized carbons (Fsp3) is 0.263. The van der Waals surface area contributed by atoms with Gasteiger partial charge in [0.2, 0.25) is 5.91 Å². The second-order valence-electron chi connectivity index (χ2n) is 5.74. The molecule has 2 aromatic rings. The van der Waals surface area contributed by atoms with Gasteiger partial charge < -0.3 is 10.4 Å². The fourth-order valence-corrected chi connectivity index (χ4v) is 2.99. The number of carbonyl (C=O) groups excluding carboxylic acids is 1. The molecular formula is C19H19Cl2NO3. The van der Waals surface area contributed by atoms with Crippen molar-refractivity contribution in [2.45, 2.75) is 25.7 Å². The van der Waals surface area contributed by atoms with E-state index in [2.05, 4.69) is 5.32 Å². The lowest BCUT2D eigenvalue weighted by Crippen LogP contribution is -2.19. The monoisotopic (exact) mass is 379 g/mol. The predicted octanol–water partition coefficient (Wildman–Crippen LogP) is 5.05. The van der Waals surface area contributed by atoms with Gasteiger partial charge in [-0.2, -0.15) is 0 Å². The fourth-order valence-electron chi connectivity index (χ4n) is 2.50. The van der Waals surface area contributed by atoms with Gasteiger partial charge in [0.05, 0.1) is 21.7 Å². The van der Waals surface area contributed by atoms with Crippen LogP contribution in [0.15, 0.2) is 48.5 Å². The normalized spacial score (nSPS) is 11.8. The summed E-state index contributed by atoms with van der Waals surface area (Å²) >= 11 is 12.0. The lowest BCUT2D eigenvalue weighted by Gasteiger charge is -2.13. The van der Waals surface area contributed by atoms with E-state index in [1.165, 1.54) is 0 Å². The number of benzene rings is 2. The van der Waals surface area contributed by atoms with Crippen LogP contribution in [0, 0.1) is 5.92 Å². The Hall–Kier alpha value is -2.04. The number of anilines is 1. The van der Waals surface area contributed by atoms with Crippen molar-refractivity contribution < 1.29 is 14.7 Å². The summed E-state index contributed by atoms with van der Waals surface area (Å²) in [4.78, 5) is 23.5. The SMILES string of the molecule is O=C(CCC(CCc1ccccc1)C(=O)O)Nc1c(Cl)cccc1Cl. The number of carboxylic acid groups (broad SMARTS) is 1. The summed E-state index contributed by atoms with van der Waals surface area (Å²) in [6.45, 7) is 0. The molecule has 0 aliphatic rings. The second-order valence-corrected chi connectivity index (χ2v) is 6.56. The molecule has 1 atom stereocenters. The third-order valence-corrected chi connectivity index (χ3v) is 4.55. The van der Waals surface area contributed by atoms with Gasteiger partial charge in [-0.3, -0.25) is 9.59 Å². The Morgan fingerprint density at radius 1 is 0.960 bits per heavy atom. The highest BCUT2D eigenvalue weighted by molar-refractivity contribution is 6.39. The molecule has 2 aromatic carbocycles. The van der Waals surface area contributed by atoms with Crippen molar-refractivity contribution in [3.8, 4) is 0 Å². The molecule has 0 radical (unpaired) electrons. The number of aliphatic carboxylic acids is 1. The van der Waals surface area contributed by atoms with Crippen LogP contribution in [0.1, 0.15) is 24.8 Å². The zero-order chi connectivity index (χ0) is 18.2. The van der Waals surface area contributed by atoms with Crippen LogP contribution in [0.5, 0.6) is 0 Å². The molecule has 0 fully saturated rings. The Morgan fingerprint density at radius 3 is 2.20 bits per heavy atom. The zero-order valence-electron chi connectivity index (χ0n) is 13.5. The quantitative estimate of drug-likeness (QED) is 0.674. The zero-order valence-corrected chi connectivity index (χ0v) is 15.1.